The minimum atomic E-state index is 0.135. The summed E-state index contributed by atoms with van der Waals surface area (Å²) >= 11 is 0. The Hall–Kier alpha value is -1.32. The Morgan fingerprint density at radius 1 is 1.35 bits per heavy atom. The molecule has 1 aliphatic carbocycles. The van der Waals surface area contributed by atoms with Crippen LogP contribution in [0.25, 0.3) is 0 Å². The average molecular weight is 277 g/mol. The number of hydrogen-bond donors (Lipinski definition) is 1. The van der Waals surface area contributed by atoms with Gasteiger partial charge in [-0.2, -0.15) is 4.98 Å². The van der Waals surface area contributed by atoms with E-state index in [1.165, 1.54) is 32.1 Å². The maximum absolute atomic E-state index is 5.68. The van der Waals surface area contributed by atoms with Gasteiger partial charge < -0.3 is 10.1 Å². The Morgan fingerprint density at radius 3 is 2.85 bits per heavy atom. The van der Waals surface area contributed by atoms with Crippen molar-refractivity contribution in [1.82, 2.24) is 9.97 Å². The van der Waals surface area contributed by atoms with E-state index in [4.69, 9.17) is 4.74 Å². The Balaban J connectivity index is 2.02. The Morgan fingerprint density at radius 2 is 2.15 bits per heavy atom. The topological polar surface area (TPSA) is 47.0 Å². The quantitative estimate of drug-likeness (QED) is 0.885. The molecule has 2 rings (SSSR count). The molecule has 0 aromatic carbocycles. The van der Waals surface area contributed by atoms with Crippen LogP contribution in [0.15, 0.2) is 6.07 Å². The van der Waals surface area contributed by atoms with Crippen LogP contribution in [0.5, 0.6) is 5.88 Å². The van der Waals surface area contributed by atoms with E-state index in [2.05, 4.69) is 22.2 Å². The van der Waals surface area contributed by atoms with Gasteiger partial charge in [0.1, 0.15) is 0 Å². The van der Waals surface area contributed by atoms with Crippen molar-refractivity contribution in [2.45, 2.75) is 71.9 Å². The van der Waals surface area contributed by atoms with Gasteiger partial charge in [0, 0.05) is 17.8 Å². The molecule has 0 saturated heterocycles. The van der Waals surface area contributed by atoms with Gasteiger partial charge in [0.2, 0.25) is 11.8 Å². The zero-order chi connectivity index (χ0) is 14.5. The first-order valence-corrected chi connectivity index (χ1v) is 7.85. The lowest BCUT2D eigenvalue weighted by molar-refractivity contribution is 0.232. The summed E-state index contributed by atoms with van der Waals surface area (Å²) in [5, 5.41) is 3.50. The summed E-state index contributed by atoms with van der Waals surface area (Å²) in [5.74, 6) is 2.22. The molecule has 1 N–H and O–H groups in total. The van der Waals surface area contributed by atoms with Gasteiger partial charge in [-0.25, -0.2) is 4.98 Å². The van der Waals surface area contributed by atoms with E-state index in [0.29, 0.717) is 17.9 Å². The van der Waals surface area contributed by atoms with Crippen molar-refractivity contribution in [2.24, 2.45) is 5.92 Å². The number of ether oxygens (including phenoxy) is 1. The van der Waals surface area contributed by atoms with Gasteiger partial charge in [-0.05, 0) is 39.5 Å². The van der Waals surface area contributed by atoms with Gasteiger partial charge in [-0.1, -0.05) is 26.2 Å². The zero-order valence-electron chi connectivity index (χ0n) is 13.1. The summed E-state index contributed by atoms with van der Waals surface area (Å²) in [6, 6.07) is 2.39. The number of hydrogen-bond acceptors (Lipinski definition) is 4. The molecule has 112 valence electrons. The second-order valence-electron chi connectivity index (χ2n) is 6.12. The van der Waals surface area contributed by atoms with Gasteiger partial charge in [0.05, 0.1) is 6.10 Å². The third kappa shape index (κ3) is 4.36. The third-order valence-corrected chi connectivity index (χ3v) is 3.88. The molecule has 4 nitrogen and oxygen atoms in total. The monoisotopic (exact) mass is 277 g/mol. The van der Waals surface area contributed by atoms with E-state index in [1.54, 1.807) is 0 Å². The highest BCUT2D eigenvalue weighted by atomic mass is 16.5. The van der Waals surface area contributed by atoms with Crippen LogP contribution in [0.1, 0.15) is 58.6 Å². The van der Waals surface area contributed by atoms with Crippen LogP contribution in [0.3, 0.4) is 0 Å². The van der Waals surface area contributed by atoms with E-state index >= 15 is 0 Å². The Bertz CT molecular complexity index is 434. The summed E-state index contributed by atoms with van der Waals surface area (Å²) in [7, 11) is 0. The lowest BCUT2D eigenvalue weighted by Crippen LogP contribution is -2.28. The first-order chi connectivity index (χ1) is 9.56. The number of aryl methyl sites for hydroxylation is 1. The highest BCUT2D eigenvalue weighted by Crippen LogP contribution is 2.28. The van der Waals surface area contributed by atoms with E-state index in [-0.39, 0.29) is 6.10 Å². The summed E-state index contributed by atoms with van der Waals surface area (Å²) in [4.78, 5) is 8.96. The van der Waals surface area contributed by atoms with Crippen LogP contribution in [-0.4, -0.2) is 22.1 Å². The maximum Gasteiger partial charge on any atom is 0.226 e. The Labute approximate surface area is 122 Å². The first-order valence-electron chi connectivity index (χ1n) is 7.85. The minimum Gasteiger partial charge on any atom is -0.475 e. The molecule has 0 spiro atoms. The second kappa shape index (κ2) is 6.91. The van der Waals surface area contributed by atoms with E-state index in [0.717, 1.165) is 11.6 Å². The smallest absolute Gasteiger partial charge is 0.226 e. The van der Waals surface area contributed by atoms with E-state index in [9.17, 15) is 0 Å². The van der Waals surface area contributed by atoms with Crippen molar-refractivity contribution in [1.29, 1.82) is 0 Å². The summed E-state index contributed by atoms with van der Waals surface area (Å²) in [6.07, 6.45) is 6.52. The molecule has 20 heavy (non-hydrogen) atoms. The number of nitrogens with zero attached hydrogens (tertiary/aromatic N) is 2. The molecule has 0 amide bonds. The first kappa shape index (κ1) is 15.1. The molecule has 0 aliphatic heterocycles. The van der Waals surface area contributed by atoms with Crippen LogP contribution in [0.2, 0.25) is 0 Å². The SMILES string of the molecule is CCC1CCCC(Nc2nc(C)cc(OC(C)C)n2)C1. The molecule has 1 fully saturated rings. The fourth-order valence-corrected chi connectivity index (χ4v) is 2.88. The van der Waals surface area contributed by atoms with Gasteiger partial charge >= 0.3 is 0 Å². The van der Waals surface area contributed by atoms with Crippen molar-refractivity contribution in [2.75, 3.05) is 5.32 Å². The number of aromatic nitrogens is 2. The molecule has 4 heteroatoms. The predicted molar refractivity (Wildman–Crippen MR) is 82.2 cm³/mol. The Kier molecular flexibility index (Phi) is 5.21. The third-order valence-electron chi connectivity index (χ3n) is 3.88. The van der Waals surface area contributed by atoms with E-state index < -0.39 is 0 Å². The lowest BCUT2D eigenvalue weighted by Gasteiger charge is -2.29. The molecule has 2 atom stereocenters. The molecule has 0 bridgehead atoms. The van der Waals surface area contributed by atoms with Crippen molar-refractivity contribution in [3.05, 3.63) is 11.8 Å². The largest absolute Gasteiger partial charge is 0.475 e. The normalized spacial score (nSPS) is 22.9. The maximum atomic E-state index is 5.68. The second-order valence-corrected chi connectivity index (χ2v) is 6.12. The number of anilines is 1. The number of rotatable bonds is 5. The van der Waals surface area contributed by atoms with Crippen molar-refractivity contribution in [3.8, 4) is 5.88 Å². The summed E-state index contributed by atoms with van der Waals surface area (Å²) in [6.45, 7) is 8.29. The van der Waals surface area contributed by atoms with Crippen LogP contribution in [-0.2, 0) is 0 Å². The number of nitrogens with one attached hydrogen (secondary N) is 1. The molecule has 0 radical (unpaired) electrons. The fraction of sp³-hybridized carbons (Fsp3) is 0.750. The molecule has 2 unspecified atom stereocenters. The van der Waals surface area contributed by atoms with Crippen LogP contribution in [0, 0.1) is 12.8 Å². The predicted octanol–water partition coefficient (Wildman–Crippen LogP) is 3.95. The standard InChI is InChI=1S/C16H27N3O/c1-5-13-7-6-8-14(10-13)18-16-17-12(4)9-15(19-16)20-11(2)3/h9,11,13-14H,5-8,10H2,1-4H3,(H,17,18,19). The van der Waals surface area contributed by atoms with Crippen molar-refractivity contribution < 1.29 is 4.74 Å². The summed E-state index contributed by atoms with van der Waals surface area (Å²) < 4.78 is 5.68. The van der Waals surface area contributed by atoms with Crippen molar-refractivity contribution >= 4 is 5.95 Å². The van der Waals surface area contributed by atoms with Gasteiger partial charge in [0.15, 0.2) is 0 Å². The zero-order valence-corrected chi connectivity index (χ0v) is 13.1. The minimum absolute atomic E-state index is 0.135. The lowest BCUT2D eigenvalue weighted by atomic mass is 9.84. The molecule has 1 aromatic rings. The van der Waals surface area contributed by atoms with Gasteiger partial charge in [-0.15, -0.1) is 0 Å². The van der Waals surface area contributed by atoms with Crippen LogP contribution in [0.4, 0.5) is 5.95 Å². The molecular formula is C16H27N3O. The molecule has 1 aromatic heterocycles. The van der Waals surface area contributed by atoms with E-state index in [1.807, 2.05) is 26.8 Å². The highest BCUT2D eigenvalue weighted by molar-refractivity contribution is 5.32. The van der Waals surface area contributed by atoms with Gasteiger partial charge in [0.25, 0.3) is 0 Å². The van der Waals surface area contributed by atoms with Gasteiger partial charge in [-0.3, -0.25) is 0 Å². The molecule has 1 aliphatic rings. The van der Waals surface area contributed by atoms with Crippen LogP contribution < -0.4 is 10.1 Å². The fourth-order valence-electron chi connectivity index (χ4n) is 2.88. The molecule has 1 heterocycles. The van der Waals surface area contributed by atoms with Crippen molar-refractivity contribution in [3.63, 3.8) is 0 Å². The highest BCUT2D eigenvalue weighted by Gasteiger charge is 2.21. The average Bonchev–Trinajstić information content (AvgIpc) is 2.37. The molecule has 1 saturated carbocycles. The van der Waals surface area contributed by atoms with Crippen LogP contribution >= 0.6 is 0 Å². The summed E-state index contributed by atoms with van der Waals surface area (Å²) in [5.41, 5.74) is 0.945. The molecular weight excluding hydrogens is 250 g/mol.